The molecule has 0 radical (unpaired) electrons. The molecule has 0 spiro atoms. The van der Waals surface area contributed by atoms with Gasteiger partial charge >= 0.3 is 0 Å². The first-order chi connectivity index (χ1) is 5.93. The van der Waals surface area contributed by atoms with Gasteiger partial charge in [0.1, 0.15) is 0 Å². The molecule has 0 atom stereocenters. The lowest BCUT2D eigenvalue weighted by Crippen LogP contribution is -2.16. The fourth-order valence-electron chi connectivity index (χ4n) is 0.922. The summed E-state index contributed by atoms with van der Waals surface area (Å²) < 4.78 is 1.83. The highest BCUT2D eigenvalue weighted by Crippen LogP contribution is 1.84. The lowest BCUT2D eigenvalue weighted by Gasteiger charge is -2.00. The van der Waals surface area contributed by atoms with Crippen LogP contribution in [-0.4, -0.2) is 28.1 Å². The average Bonchev–Trinajstić information content (AvgIpc) is 2.57. The molecule has 4 nitrogen and oxygen atoms in total. The minimum atomic E-state index is 0.872. The van der Waals surface area contributed by atoms with Crippen molar-refractivity contribution in [2.45, 2.75) is 13.0 Å². The van der Waals surface area contributed by atoms with Crippen molar-refractivity contribution in [1.29, 1.82) is 0 Å². The third-order valence-electron chi connectivity index (χ3n) is 1.50. The minimum Gasteiger partial charge on any atom is -0.313 e. The van der Waals surface area contributed by atoms with Crippen molar-refractivity contribution in [3.05, 3.63) is 25.0 Å². The number of aryl methyl sites for hydroxylation is 1. The third-order valence-corrected chi connectivity index (χ3v) is 1.50. The summed E-state index contributed by atoms with van der Waals surface area (Å²) in [4.78, 5) is 0. The zero-order valence-electron chi connectivity index (χ0n) is 7.11. The summed E-state index contributed by atoms with van der Waals surface area (Å²) in [7, 11) is 0. The van der Waals surface area contributed by atoms with Gasteiger partial charge in [0.25, 0.3) is 0 Å². The normalized spacial score (nSPS) is 10.0. The first kappa shape index (κ1) is 8.93. The first-order valence-electron chi connectivity index (χ1n) is 4.09. The lowest BCUT2D eigenvalue weighted by atomic mass is 10.4. The van der Waals surface area contributed by atoms with Crippen LogP contribution in [0.3, 0.4) is 0 Å². The van der Waals surface area contributed by atoms with Crippen LogP contribution in [-0.2, 0) is 6.54 Å². The van der Waals surface area contributed by atoms with Crippen LogP contribution in [0.5, 0.6) is 0 Å². The van der Waals surface area contributed by atoms with Crippen molar-refractivity contribution >= 4 is 0 Å². The Morgan fingerprint density at radius 1 is 1.58 bits per heavy atom. The van der Waals surface area contributed by atoms with Crippen LogP contribution in [0.1, 0.15) is 6.42 Å². The molecular weight excluding hydrogens is 152 g/mol. The molecule has 0 fully saturated rings. The molecule has 1 rings (SSSR count). The maximum absolute atomic E-state index is 3.85. The second-order valence-electron chi connectivity index (χ2n) is 2.51. The minimum absolute atomic E-state index is 0.872. The lowest BCUT2D eigenvalue weighted by molar-refractivity contribution is 0.540. The average molecular weight is 166 g/mol. The van der Waals surface area contributed by atoms with E-state index >= 15 is 0 Å². The first-order valence-corrected chi connectivity index (χ1v) is 4.09. The van der Waals surface area contributed by atoms with Crippen molar-refractivity contribution in [2.24, 2.45) is 0 Å². The van der Waals surface area contributed by atoms with E-state index in [-0.39, 0.29) is 0 Å². The molecule has 0 bridgehead atoms. The summed E-state index contributed by atoms with van der Waals surface area (Å²) >= 11 is 0. The summed E-state index contributed by atoms with van der Waals surface area (Å²) in [6.45, 7) is 6.40. The van der Waals surface area contributed by atoms with E-state index in [9.17, 15) is 0 Å². The standard InChI is InChI=1S/C8H14N4/c1-2-4-9-5-3-7-12-8-6-10-11-12/h2,6,8-9H,1,3-5,7H2. The molecule has 0 unspecified atom stereocenters. The number of hydrogen-bond donors (Lipinski definition) is 1. The monoisotopic (exact) mass is 166 g/mol. The molecule has 1 heterocycles. The Morgan fingerprint density at radius 3 is 3.17 bits per heavy atom. The molecule has 0 aliphatic rings. The number of aromatic nitrogens is 3. The van der Waals surface area contributed by atoms with Crippen molar-refractivity contribution in [3.8, 4) is 0 Å². The highest BCUT2D eigenvalue weighted by Gasteiger charge is 1.89. The van der Waals surface area contributed by atoms with E-state index in [1.807, 2.05) is 17.0 Å². The predicted molar refractivity (Wildman–Crippen MR) is 47.7 cm³/mol. The molecule has 0 amide bonds. The van der Waals surface area contributed by atoms with E-state index in [4.69, 9.17) is 0 Å². The molecule has 0 aliphatic heterocycles. The number of nitrogens with one attached hydrogen (secondary N) is 1. The van der Waals surface area contributed by atoms with Crippen molar-refractivity contribution < 1.29 is 0 Å². The van der Waals surface area contributed by atoms with Crippen LogP contribution < -0.4 is 5.32 Å². The second-order valence-corrected chi connectivity index (χ2v) is 2.51. The van der Waals surface area contributed by atoms with Crippen molar-refractivity contribution in [3.63, 3.8) is 0 Å². The summed E-state index contributed by atoms with van der Waals surface area (Å²) in [6, 6.07) is 0. The molecule has 0 saturated carbocycles. The Kier molecular flexibility index (Phi) is 4.08. The van der Waals surface area contributed by atoms with Crippen LogP contribution in [0.15, 0.2) is 25.0 Å². The highest BCUT2D eigenvalue weighted by molar-refractivity contribution is 4.69. The second kappa shape index (κ2) is 5.49. The number of nitrogens with zero attached hydrogens (tertiary/aromatic N) is 3. The van der Waals surface area contributed by atoms with E-state index in [0.29, 0.717) is 0 Å². The van der Waals surface area contributed by atoms with E-state index in [1.54, 1.807) is 6.20 Å². The van der Waals surface area contributed by atoms with Gasteiger partial charge in [-0.2, -0.15) is 0 Å². The molecule has 12 heavy (non-hydrogen) atoms. The van der Waals surface area contributed by atoms with E-state index in [0.717, 1.165) is 26.1 Å². The van der Waals surface area contributed by atoms with E-state index < -0.39 is 0 Å². The van der Waals surface area contributed by atoms with Gasteiger partial charge in [0.15, 0.2) is 0 Å². The van der Waals surface area contributed by atoms with Gasteiger partial charge in [-0.1, -0.05) is 11.3 Å². The van der Waals surface area contributed by atoms with Gasteiger partial charge in [-0.15, -0.1) is 11.7 Å². The van der Waals surface area contributed by atoms with Gasteiger partial charge in [-0.05, 0) is 13.0 Å². The van der Waals surface area contributed by atoms with Gasteiger partial charge in [0.2, 0.25) is 0 Å². The Morgan fingerprint density at radius 2 is 2.50 bits per heavy atom. The highest BCUT2D eigenvalue weighted by atomic mass is 15.4. The van der Waals surface area contributed by atoms with Gasteiger partial charge in [-0.25, -0.2) is 0 Å². The van der Waals surface area contributed by atoms with Crippen LogP contribution in [0.25, 0.3) is 0 Å². The summed E-state index contributed by atoms with van der Waals surface area (Å²) in [5, 5.41) is 10.8. The van der Waals surface area contributed by atoms with E-state index in [1.165, 1.54) is 0 Å². The maximum Gasteiger partial charge on any atom is 0.0692 e. The van der Waals surface area contributed by atoms with Crippen LogP contribution in [0, 0.1) is 0 Å². The van der Waals surface area contributed by atoms with Crippen LogP contribution >= 0.6 is 0 Å². The zero-order chi connectivity index (χ0) is 8.65. The smallest absolute Gasteiger partial charge is 0.0692 e. The molecule has 0 aliphatic carbocycles. The largest absolute Gasteiger partial charge is 0.313 e. The summed E-state index contributed by atoms with van der Waals surface area (Å²) in [5.74, 6) is 0. The fourth-order valence-corrected chi connectivity index (χ4v) is 0.922. The molecule has 0 aromatic carbocycles. The third kappa shape index (κ3) is 3.30. The number of hydrogen-bond acceptors (Lipinski definition) is 3. The Balaban J connectivity index is 2.00. The summed E-state index contributed by atoms with van der Waals surface area (Å²) in [6.07, 6.45) is 6.48. The molecular formula is C8H14N4. The molecule has 1 N–H and O–H groups in total. The van der Waals surface area contributed by atoms with Gasteiger partial charge in [0.05, 0.1) is 6.20 Å². The Bertz CT molecular complexity index is 205. The molecule has 1 aromatic heterocycles. The topological polar surface area (TPSA) is 42.7 Å². The quantitative estimate of drug-likeness (QED) is 0.492. The Labute approximate surface area is 72.3 Å². The predicted octanol–water partition coefficient (Wildman–Crippen LogP) is 0.444. The maximum atomic E-state index is 3.85. The Hall–Kier alpha value is -1.16. The van der Waals surface area contributed by atoms with Gasteiger partial charge < -0.3 is 5.32 Å². The van der Waals surface area contributed by atoms with Gasteiger partial charge in [0, 0.05) is 19.3 Å². The zero-order valence-corrected chi connectivity index (χ0v) is 7.11. The molecule has 4 heteroatoms. The molecule has 66 valence electrons. The molecule has 0 saturated heterocycles. The van der Waals surface area contributed by atoms with Crippen molar-refractivity contribution in [2.75, 3.05) is 13.1 Å². The van der Waals surface area contributed by atoms with Crippen LogP contribution in [0.4, 0.5) is 0 Å². The van der Waals surface area contributed by atoms with E-state index in [2.05, 4.69) is 22.2 Å². The fraction of sp³-hybridized carbons (Fsp3) is 0.500. The van der Waals surface area contributed by atoms with Crippen molar-refractivity contribution in [1.82, 2.24) is 20.3 Å². The van der Waals surface area contributed by atoms with Crippen LogP contribution in [0.2, 0.25) is 0 Å². The number of rotatable bonds is 6. The summed E-state index contributed by atoms with van der Waals surface area (Å²) in [5.41, 5.74) is 0. The van der Waals surface area contributed by atoms with Gasteiger partial charge in [-0.3, -0.25) is 4.68 Å². The molecule has 1 aromatic rings. The SMILES string of the molecule is C=CCNCCCn1ccnn1.